The third kappa shape index (κ3) is 3.64. The molecule has 0 saturated carbocycles. The van der Waals surface area contributed by atoms with Gasteiger partial charge in [-0.2, -0.15) is 0 Å². The summed E-state index contributed by atoms with van der Waals surface area (Å²) >= 11 is 0. The number of hydrogen-bond donors (Lipinski definition) is 1. The average molecular weight is 279 g/mol. The quantitative estimate of drug-likeness (QED) is 0.773. The summed E-state index contributed by atoms with van der Waals surface area (Å²) in [5.41, 5.74) is 0. The van der Waals surface area contributed by atoms with Crippen LogP contribution in [0.4, 0.5) is 5.82 Å². The minimum Gasteiger partial charge on any atom is -0.463 e. The predicted octanol–water partition coefficient (Wildman–Crippen LogP) is -0.0791. The third-order valence-electron chi connectivity index (χ3n) is 3.52. The Labute approximate surface area is 118 Å². The highest BCUT2D eigenvalue weighted by Gasteiger charge is 2.21. The van der Waals surface area contributed by atoms with Crippen molar-refractivity contribution in [1.82, 2.24) is 19.8 Å². The second-order valence-corrected chi connectivity index (χ2v) is 5.03. The van der Waals surface area contributed by atoms with Gasteiger partial charge >= 0.3 is 5.97 Å². The van der Waals surface area contributed by atoms with Gasteiger partial charge in [0, 0.05) is 38.4 Å². The molecule has 2 heterocycles. The van der Waals surface area contributed by atoms with Crippen LogP contribution in [-0.2, 0) is 4.74 Å². The van der Waals surface area contributed by atoms with Crippen molar-refractivity contribution < 1.29 is 9.53 Å². The van der Waals surface area contributed by atoms with Crippen molar-refractivity contribution in [1.29, 1.82) is 0 Å². The van der Waals surface area contributed by atoms with Gasteiger partial charge in [-0.1, -0.05) is 0 Å². The van der Waals surface area contributed by atoms with Crippen molar-refractivity contribution in [2.75, 3.05) is 52.7 Å². The molecule has 1 aliphatic rings. The summed E-state index contributed by atoms with van der Waals surface area (Å²) in [6.07, 6.45) is 1.55. The summed E-state index contributed by atoms with van der Waals surface area (Å²) in [6.45, 7) is 3.93. The maximum atomic E-state index is 11.4. The van der Waals surface area contributed by atoms with Gasteiger partial charge in [-0.3, -0.25) is 4.90 Å². The summed E-state index contributed by atoms with van der Waals surface area (Å²) in [6, 6.07) is 2.17. The summed E-state index contributed by atoms with van der Waals surface area (Å²) in [7, 11) is 5.57. The SMILES string of the molecule is COC(=O)c1nccc(NCC2CN(C)CCN2C)n1. The van der Waals surface area contributed by atoms with Crippen molar-refractivity contribution >= 4 is 11.8 Å². The van der Waals surface area contributed by atoms with Crippen LogP contribution in [0.1, 0.15) is 10.6 Å². The molecular formula is C13H21N5O2. The van der Waals surface area contributed by atoms with Gasteiger partial charge in [0.05, 0.1) is 7.11 Å². The lowest BCUT2D eigenvalue weighted by atomic mass is 10.2. The zero-order valence-electron chi connectivity index (χ0n) is 12.2. The van der Waals surface area contributed by atoms with Crippen LogP contribution in [0, 0.1) is 0 Å². The van der Waals surface area contributed by atoms with Gasteiger partial charge in [0.25, 0.3) is 0 Å². The van der Waals surface area contributed by atoms with Gasteiger partial charge in [0.15, 0.2) is 0 Å². The number of carbonyl (C=O) groups excluding carboxylic acids is 1. The van der Waals surface area contributed by atoms with E-state index in [0.717, 1.165) is 26.2 Å². The van der Waals surface area contributed by atoms with Crippen LogP contribution in [0.25, 0.3) is 0 Å². The number of hydrogen-bond acceptors (Lipinski definition) is 7. The standard InChI is InChI=1S/C13H21N5O2/c1-17-6-7-18(2)10(9-17)8-15-11-4-5-14-12(16-11)13(19)20-3/h4-5,10H,6-9H2,1-3H3,(H,14,15,16). The Balaban J connectivity index is 1.95. The molecule has 0 aliphatic carbocycles. The first-order valence-corrected chi connectivity index (χ1v) is 6.64. The van der Waals surface area contributed by atoms with Gasteiger partial charge in [0.2, 0.25) is 5.82 Å². The number of carbonyl (C=O) groups is 1. The van der Waals surface area contributed by atoms with Gasteiger partial charge in [0.1, 0.15) is 5.82 Å². The Morgan fingerprint density at radius 2 is 2.30 bits per heavy atom. The number of nitrogens with one attached hydrogen (secondary N) is 1. The third-order valence-corrected chi connectivity index (χ3v) is 3.52. The predicted molar refractivity (Wildman–Crippen MR) is 75.8 cm³/mol. The van der Waals surface area contributed by atoms with Gasteiger partial charge in [-0.05, 0) is 20.2 Å². The Morgan fingerprint density at radius 1 is 1.50 bits per heavy atom. The Hall–Kier alpha value is -1.73. The highest BCUT2D eigenvalue weighted by Crippen LogP contribution is 2.08. The Kier molecular flexibility index (Phi) is 4.86. The molecule has 0 bridgehead atoms. The maximum Gasteiger partial charge on any atom is 0.376 e. The number of methoxy groups -OCH3 is 1. The fraction of sp³-hybridized carbons (Fsp3) is 0.615. The largest absolute Gasteiger partial charge is 0.463 e. The molecule has 1 unspecified atom stereocenters. The molecule has 2 rings (SSSR count). The lowest BCUT2D eigenvalue weighted by Crippen LogP contribution is -2.52. The van der Waals surface area contributed by atoms with Gasteiger partial charge in [-0.25, -0.2) is 14.8 Å². The first-order valence-electron chi connectivity index (χ1n) is 6.64. The van der Waals surface area contributed by atoms with Crippen molar-refractivity contribution in [3.05, 3.63) is 18.1 Å². The average Bonchev–Trinajstić information content (AvgIpc) is 2.47. The molecule has 1 aromatic rings. The van der Waals surface area contributed by atoms with E-state index in [1.54, 1.807) is 12.3 Å². The Bertz CT molecular complexity index is 468. The zero-order valence-corrected chi connectivity index (χ0v) is 12.2. The van der Waals surface area contributed by atoms with Crippen molar-refractivity contribution in [2.45, 2.75) is 6.04 Å². The number of nitrogens with zero attached hydrogens (tertiary/aromatic N) is 4. The molecule has 1 aromatic heterocycles. The number of anilines is 1. The summed E-state index contributed by atoms with van der Waals surface area (Å²) in [5, 5.41) is 3.26. The minimum absolute atomic E-state index is 0.0756. The van der Waals surface area contributed by atoms with E-state index in [0.29, 0.717) is 11.9 Å². The van der Waals surface area contributed by atoms with E-state index in [1.807, 2.05) is 0 Å². The summed E-state index contributed by atoms with van der Waals surface area (Å²) in [4.78, 5) is 24.0. The molecule has 1 saturated heterocycles. The highest BCUT2D eigenvalue weighted by atomic mass is 16.5. The molecule has 1 fully saturated rings. The molecule has 7 nitrogen and oxygen atoms in total. The first kappa shape index (κ1) is 14.7. The van der Waals surface area contributed by atoms with E-state index in [2.05, 4.69) is 43.9 Å². The highest BCUT2D eigenvalue weighted by molar-refractivity contribution is 5.85. The minimum atomic E-state index is -0.525. The topological polar surface area (TPSA) is 70.6 Å². The van der Waals surface area contributed by atoms with E-state index < -0.39 is 5.97 Å². The summed E-state index contributed by atoms with van der Waals surface area (Å²) in [5.74, 6) is 0.191. The molecule has 0 radical (unpaired) electrons. The molecule has 1 N–H and O–H groups in total. The molecule has 7 heteroatoms. The molecule has 110 valence electrons. The van der Waals surface area contributed by atoms with Crippen LogP contribution in [0.5, 0.6) is 0 Å². The van der Waals surface area contributed by atoms with Crippen LogP contribution < -0.4 is 5.32 Å². The fourth-order valence-electron chi connectivity index (χ4n) is 2.19. The molecule has 0 amide bonds. The van der Waals surface area contributed by atoms with Crippen LogP contribution in [-0.4, -0.2) is 79.2 Å². The molecule has 20 heavy (non-hydrogen) atoms. The zero-order chi connectivity index (χ0) is 14.5. The molecule has 0 spiro atoms. The lowest BCUT2D eigenvalue weighted by molar-refractivity contribution is 0.0587. The second kappa shape index (κ2) is 6.62. The van der Waals surface area contributed by atoms with Crippen LogP contribution in [0.3, 0.4) is 0 Å². The van der Waals surface area contributed by atoms with E-state index in [-0.39, 0.29) is 5.82 Å². The molecular weight excluding hydrogens is 258 g/mol. The van der Waals surface area contributed by atoms with Gasteiger partial charge in [-0.15, -0.1) is 0 Å². The number of likely N-dealkylation sites (N-methyl/N-ethyl adjacent to an activating group) is 2. The number of piperazine rings is 1. The van der Waals surface area contributed by atoms with E-state index >= 15 is 0 Å². The van der Waals surface area contributed by atoms with E-state index in [9.17, 15) is 4.79 Å². The normalized spacial score (nSPS) is 20.6. The first-order chi connectivity index (χ1) is 9.60. The number of rotatable bonds is 4. The van der Waals surface area contributed by atoms with Crippen LogP contribution >= 0.6 is 0 Å². The summed E-state index contributed by atoms with van der Waals surface area (Å²) < 4.78 is 4.61. The van der Waals surface area contributed by atoms with Crippen LogP contribution in [0.15, 0.2) is 12.3 Å². The van der Waals surface area contributed by atoms with E-state index in [1.165, 1.54) is 7.11 Å². The number of aromatic nitrogens is 2. The number of ether oxygens (including phenoxy) is 1. The molecule has 1 atom stereocenters. The maximum absolute atomic E-state index is 11.4. The smallest absolute Gasteiger partial charge is 0.376 e. The molecule has 1 aliphatic heterocycles. The Morgan fingerprint density at radius 3 is 3.05 bits per heavy atom. The van der Waals surface area contributed by atoms with E-state index in [4.69, 9.17) is 0 Å². The van der Waals surface area contributed by atoms with Crippen LogP contribution in [0.2, 0.25) is 0 Å². The van der Waals surface area contributed by atoms with Crippen molar-refractivity contribution in [2.24, 2.45) is 0 Å². The van der Waals surface area contributed by atoms with Crippen molar-refractivity contribution in [3.63, 3.8) is 0 Å². The second-order valence-electron chi connectivity index (χ2n) is 5.03. The van der Waals surface area contributed by atoms with Crippen molar-refractivity contribution in [3.8, 4) is 0 Å². The molecule has 0 aromatic carbocycles. The monoisotopic (exact) mass is 279 g/mol. The fourth-order valence-corrected chi connectivity index (χ4v) is 2.19. The number of esters is 1. The lowest BCUT2D eigenvalue weighted by Gasteiger charge is -2.37. The van der Waals surface area contributed by atoms with Gasteiger partial charge < -0.3 is 15.0 Å².